The van der Waals surface area contributed by atoms with Gasteiger partial charge in [0.1, 0.15) is 10.6 Å². The van der Waals surface area contributed by atoms with E-state index in [2.05, 4.69) is 16.0 Å². The van der Waals surface area contributed by atoms with E-state index in [0.717, 1.165) is 22.0 Å². The molecule has 1 aliphatic rings. The number of carbonyl (C=O) groups excluding carboxylic acids is 1. The summed E-state index contributed by atoms with van der Waals surface area (Å²) in [6.07, 6.45) is 8.22. The monoisotopic (exact) mass is 346 g/mol. The number of amides is 1. The fourth-order valence-electron chi connectivity index (χ4n) is 2.44. The third-order valence-electron chi connectivity index (χ3n) is 3.60. The lowest BCUT2D eigenvalue weighted by Crippen LogP contribution is -2.39. The molecule has 0 spiro atoms. The average Bonchev–Trinajstić information content (AvgIpc) is 3.14. The number of rotatable bonds is 2. The Hall–Kier alpha value is -2.15. The van der Waals surface area contributed by atoms with Crippen LogP contribution in [0.3, 0.4) is 0 Å². The molecule has 3 heterocycles. The van der Waals surface area contributed by atoms with E-state index in [4.69, 9.17) is 4.74 Å². The normalized spacial score (nSPS) is 15.3. The number of carbonyl (C=O) groups is 1. The molecule has 0 N–H and O–H groups in total. The van der Waals surface area contributed by atoms with Crippen molar-refractivity contribution in [3.8, 4) is 10.6 Å². The molecular formula is C17H22N4O2S. The van der Waals surface area contributed by atoms with Gasteiger partial charge in [-0.15, -0.1) is 11.3 Å². The Labute approximate surface area is 145 Å². The standard InChI is InChI=1S/C17H22N4O2S/c1-17(2,3)23-16(22)21-7-5-12(6-8-21)15-18-9-14(24-15)13-10-20(4)11-19-13/h5,9-11H,6-8H2,1-4H3. The average molecular weight is 346 g/mol. The first kappa shape index (κ1) is 16.7. The van der Waals surface area contributed by atoms with Crippen LogP contribution in [0.4, 0.5) is 4.79 Å². The van der Waals surface area contributed by atoms with Crippen molar-refractivity contribution in [1.82, 2.24) is 19.4 Å². The Kier molecular flexibility index (Phi) is 4.45. The molecular weight excluding hydrogens is 324 g/mol. The fraction of sp³-hybridized carbons (Fsp3) is 0.471. The van der Waals surface area contributed by atoms with E-state index in [0.29, 0.717) is 13.1 Å². The van der Waals surface area contributed by atoms with Crippen LogP contribution < -0.4 is 0 Å². The van der Waals surface area contributed by atoms with Crippen molar-refractivity contribution < 1.29 is 9.53 Å². The molecule has 7 heteroatoms. The molecule has 2 aromatic rings. The molecule has 0 bridgehead atoms. The van der Waals surface area contributed by atoms with Crippen molar-refractivity contribution in [2.24, 2.45) is 7.05 Å². The summed E-state index contributed by atoms with van der Waals surface area (Å²) in [5.74, 6) is 0. The van der Waals surface area contributed by atoms with Gasteiger partial charge < -0.3 is 14.2 Å². The highest BCUT2D eigenvalue weighted by Gasteiger charge is 2.24. The van der Waals surface area contributed by atoms with Crippen molar-refractivity contribution in [2.75, 3.05) is 13.1 Å². The van der Waals surface area contributed by atoms with Gasteiger partial charge in [-0.3, -0.25) is 0 Å². The Morgan fingerprint density at radius 3 is 2.71 bits per heavy atom. The van der Waals surface area contributed by atoms with Crippen molar-refractivity contribution in [2.45, 2.75) is 32.8 Å². The second-order valence-electron chi connectivity index (χ2n) is 6.86. The van der Waals surface area contributed by atoms with E-state index < -0.39 is 5.60 Å². The van der Waals surface area contributed by atoms with Gasteiger partial charge in [-0.05, 0) is 32.8 Å². The minimum absolute atomic E-state index is 0.258. The molecule has 128 valence electrons. The summed E-state index contributed by atoms with van der Waals surface area (Å²) in [7, 11) is 1.95. The number of hydrogen-bond donors (Lipinski definition) is 0. The van der Waals surface area contributed by atoms with E-state index in [1.165, 1.54) is 5.57 Å². The lowest BCUT2D eigenvalue weighted by atomic mass is 10.1. The SMILES string of the molecule is Cn1cnc(-c2cnc(C3=CCN(C(=O)OC(C)(C)C)CC3)s2)c1. The maximum Gasteiger partial charge on any atom is 0.410 e. The Balaban J connectivity index is 1.67. The van der Waals surface area contributed by atoms with Gasteiger partial charge in [0.15, 0.2) is 0 Å². The molecule has 1 aliphatic heterocycles. The highest BCUT2D eigenvalue weighted by molar-refractivity contribution is 7.16. The summed E-state index contributed by atoms with van der Waals surface area (Å²) in [6.45, 7) is 6.85. The number of aromatic nitrogens is 3. The second-order valence-corrected chi connectivity index (χ2v) is 7.89. The molecule has 0 aromatic carbocycles. The van der Waals surface area contributed by atoms with Crippen LogP contribution in [0, 0.1) is 0 Å². The zero-order valence-electron chi connectivity index (χ0n) is 14.4. The molecule has 2 aromatic heterocycles. The summed E-state index contributed by atoms with van der Waals surface area (Å²) >= 11 is 1.64. The van der Waals surface area contributed by atoms with Crippen LogP contribution in [0.5, 0.6) is 0 Å². The largest absolute Gasteiger partial charge is 0.444 e. The first-order valence-electron chi connectivity index (χ1n) is 7.93. The molecule has 0 fully saturated rings. The minimum Gasteiger partial charge on any atom is -0.444 e. The van der Waals surface area contributed by atoms with Crippen molar-refractivity contribution >= 4 is 23.0 Å². The highest BCUT2D eigenvalue weighted by atomic mass is 32.1. The van der Waals surface area contributed by atoms with Crippen LogP contribution in [0.1, 0.15) is 32.2 Å². The first-order chi connectivity index (χ1) is 11.3. The number of ether oxygens (including phenoxy) is 1. The molecule has 24 heavy (non-hydrogen) atoms. The second kappa shape index (κ2) is 6.39. The van der Waals surface area contributed by atoms with Crippen LogP contribution in [0.25, 0.3) is 16.1 Å². The Bertz CT molecular complexity index is 770. The van der Waals surface area contributed by atoms with Crippen molar-refractivity contribution in [1.29, 1.82) is 0 Å². The summed E-state index contributed by atoms with van der Waals surface area (Å²) in [4.78, 5) is 23.8. The van der Waals surface area contributed by atoms with Gasteiger partial charge in [0.05, 0.1) is 16.9 Å². The van der Waals surface area contributed by atoms with Crippen LogP contribution >= 0.6 is 11.3 Å². The Morgan fingerprint density at radius 2 is 2.12 bits per heavy atom. The Morgan fingerprint density at radius 1 is 1.33 bits per heavy atom. The fourth-order valence-corrected chi connectivity index (χ4v) is 3.38. The van der Waals surface area contributed by atoms with Gasteiger partial charge in [0.25, 0.3) is 0 Å². The number of nitrogens with zero attached hydrogens (tertiary/aromatic N) is 4. The van der Waals surface area contributed by atoms with Crippen molar-refractivity contribution in [3.05, 3.63) is 29.8 Å². The van der Waals surface area contributed by atoms with E-state index >= 15 is 0 Å². The van der Waals surface area contributed by atoms with Crippen LogP contribution in [-0.4, -0.2) is 44.2 Å². The molecule has 0 radical (unpaired) electrons. The van der Waals surface area contributed by atoms with Crippen LogP contribution in [0.15, 0.2) is 24.8 Å². The number of aryl methyl sites for hydroxylation is 1. The molecule has 6 nitrogen and oxygen atoms in total. The van der Waals surface area contributed by atoms with Gasteiger partial charge in [-0.1, -0.05) is 6.08 Å². The quantitative estimate of drug-likeness (QED) is 0.834. The number of imidazole rings is 1. The maximum absolute atomic E-state index is 12.1. The molecule has 0 atom stereocenters. The van der Waals surface area contributed by atoms with Gasteiger partial charge in [-0.25, -0.2) is 14.8 Å². The van der Waals surface area contributed by atoms with E-state index in [9.17, 15) is 4.79 Å². The van der Waals surface area contributed by atoms with Gasteiger partial charge in [0, 0.05) is 32.5 Å². The topological polar surface area (TPSA) is 60.2 Å². The number of thiazole rings is 1. The lowest BCUT2D eigenvalue weighted by Gasteiger charge is -2.29. The van der Waals surface area contributed by atoms with Gasteiger partial charge in [0.2, 0.25) is 0 Å². The third-order valence-corrected chi connectivity index (χ3v) is 4.69. The highest BCUT2D eigenvalue weighted by Crippen LogP contribution is 2.31. The van der Waals surface area contributed by atoms with E-state index in [1.807, 2.05) is 44.8 Å². The lowest BCUT2D eigenvalue weighted by molar-refractivity contribution is 0.0270. The zero-order chi connectivity index (χ0) is 17.3. The molecule has 3 rings (SSSR count). The zero-order valence-corrected chi connectivity index (χ0v) is 15.3. The molecule has 0 saturated carbocycles. The van der Waals surface area contributed by atoms with Gasteiger partial charge >= 0.3 is 6.09 Å². The molecule has 0 unspecified atom stereocenters. The molecule has 0 aliphatic carbocycles. The van der Waals surface area contributed by atoms with Gasteiger partial charge in [-0.2, -0.15) is 0 Å². The number of hydrogen-bond acceptors (Lipinski definition) is 5. The van der Waals surface area contributed by atoms with E-state index in [1.54, 1.807) is 22.6 Å². The molecule has 1 amide bonds. The van der Waals surface area contributed by atoms with E-state index in [-0.39, 0.29) is 6.09 Å². The maximum atomic E-state index is 12.1. The first-order valence-corrected chi connectivity index (χ1v) is 8.75. The predicted molar refractivity (Wildman–Crippen MR) is 94.7 cm³/mol. The van der Waals surface area contributed by atoms with Crippen LogP contribution in [-0.2, 0) is 11.8 Å². The summed E-state index contributed by atoms with van der Waals surface area (Å²) in [5, 5.41) is 1.000. The summed E-state index contributed by atoms with van der Waals surface area (Å²) < 4.78 is 7.34. The molecule has 0 saturated heterocycles. The smallest absolute Gasteiger partial charge is 0.410 e. The summed E-state index contributed by atoms with van der Waals surface area (Å²) in [6, 6.07) is 0. The minimum atomic E-state index is -0.464. The van der Waals surface area contributed by atoms with Crippen molar-refractivity contribution in [3.63, 3.8) is 0 Å². The van der Waals surface area contributed by atoms with Crippen LogP contribution in [0.2, 0.25) is 0 Å². The summed E-state index contributed by atoms with van der Waals surface area (Å²) in [5.41, 5.74) is 1.66. The third kappa shape index (κ3) is 3.84. The predicted octanol–water partition coefficient (Wildman–Crippen LogP) is 3.57.